The van der Waals surface area contributed by atoms with E-state index in [1.54, 1.807) is 22.9 Å². The summed E-state index contributed by atoms with van der Waals surface area (Å²) in [4.78, 5) is 42.4. The van der Waals surface area contributed by atoms with Crippen molar-refractivity contribution in [3.63, 3.8) is 0 Å². The van der Waals surface area contributed by atoms with Crippen LogP contribution in [0, 0.1) is 5.92 Å². The van der Waals surface area contributed by atoms with Gasteiger partial charge in [0.15, 0.2) is 5.69 Å². The molecule has 172 valence electrons. The summed E-state index contributed by atoms with van der Waals surface area (Å²) in [5.41, 5.74) is 6.83. The van der Waals surface area contributed by atoms with Crippen LogP contribution in [0.25, 0.3) is 11.0 Å². The molecule has 0 radical (unpaired) electrons. The van der Waals surface area contributed by atoms with Gasteiger partial charge in [0.05, 0.1) is 5.52 Å². The number of amides is 1. The van der Waals surface area contributed by atoms with Crippen molar-refractivity contribution in [3.8, 4) is 0 Å². The van der Waals surface area contributed by atoms with Gasteiger partial charge < -0.3 is 10.6 Å². The van der Waals surface area contributed by atoms with Crippen LogP contribution >= 0.6 is 0 Å². The summed E-state index contributed by atoms with van der Waals surface area (Å²) < 4.78 is 3.07. The van der Waals surface area contributed by atoms with Gasteiger partial charge in [-0.2, -0.15) is 0 Å². The molecule has 0 aliphatic carbocycles. The number of aryl methyl sites for hydroxylation is 1. The molecule has 0 unspecified atom stereocenters. The van der Waals surface area contributed by atoms with Crippen LogP contribution in [0.2, 0.25) is 0 Å². The third-order valence-corrected chi connectivity index (χ3v) is 5.45. The molecule has 3 rings (SSSR count). The summed E-state index contributed by atoms with van der Waals surface area (Å²) in [6, 6.07) is 5.15. The zero-order valence-electron chi connectivity index (χ0n) is 19.1. The van der Waals surface area contributed by atoms with Crippen LogP contribution in [-0.2, 0) is 13.1 Å². The number of hydrogen-bond donors (Lipinski definition) is 2. The lowest BCUT2D eigenvalue weighted by Crippen LogP contribution is -2.42. The number of hydrogen-bond acceptors (Lipinski definition) is 6. The summed E-state index contributed by atoms with van der Waals surface area (Å²) in [7, 11) is 0. The molecular formula is C22H31N7O3. The molecule has 0 aliphatic rings. The molecule has 1 aromatic carbocycles. The van der Waals surface area contributed by atoms with Crippen molar-refractivity contribution in [1.29, 1.82) is 0 Å². The Morgan fingerprint density at radius 3 is 2.66 bits per heavy atom. The monoisotopic (exact) mass is 441 g/mol. The molecule has 0 aliphatic heterocycles. The van der Waals surface area contributed by atoms with Crippen LogP contribution in [0.3, 0.4) is 0 Å². The predicted molar refractivity (Wildman–Crippen MR) is 125 cm³/mol. The van der Waals surface area contributed by atoms with E-state index in [2.05, 4.69) is 15.3 Å². The molecule has 10 nitrogen and oxygen atoms in total. The van der Waals surface area contributed by atoms with Crippen molar-refractivity contribution >= 4 is 28.4 Å². The summed E-state index contributed by atoms with van der Waals surface area (Å²) in [5.74, 6) is -0.0812. The second kappa shape index (κ2) is 9.80. The van der Waals surface area contributed by atoms with Gasteiger partial charge in [0.25, 0.3) is 11.5 Å². The van der Waals surface area contributed by atoms with E-state index in [1.165, 1.54) is 9.47 Å². The number of benzene rings is 1. The molecule has 0 spiro atoms. The maximum absolute atomic E-state index is 13.6. The standard InChI is InChI=1S/C22H31N7O3/c1-5-7-11-28-19(23)18(20(30)24-22(28)32)27(12-10-14(3)4)21(31)15-8-9-17-16(13-15)25-26-29(17)6-2/h8-9,13-14H,5-7,10-12,23H2,1-4H3,(H,24,30,32). The van der Waals surface area contributed by atoms with Gasteiger partial charge >= 0.3 is 5.69 Å². The Kier molecular flexibility index (Phi) is 7.12. The lowest BCUT2D eigenvalue weighted by atomic mass is 10.1. The van der Waals surface area contributed by atoms with Crippen LogP contribution in [0.1, 0.15) is 57.3 Å². The maximum Gasteiger partial charge on any atom is 0.330 e. The maximum atomic E-state index is 13.6. The van der Waals surface area contributed by atoms with E-state index in [-0.39, 0.29) is 24.0 Å². The van der Waals surface area contributed by atoms with Gasteiger partial charge in [-0.15, -0.1) is 5.10 Å². The van der Waals surface area contributed by atoms with E-state index in [0.717, 1.165) is 18.4 Å². The molecule has 0 saturated heterocycles. The number of nitrogens with one attached hydrogen (secondary N) is 1. The lowest BCUT2D eigenvalue weighted by molar-refractivity contribution is 0.0985. The predicted octanol–water partition coefficient (Wildman–Crippen LogP) is 2.38. The number of nitrogens with two attached hydrogens (primary N) is 1. The molecule has 2 aromatic heterocycles. The first-order chi connectivity index (χ1) is 15.3. The molecule has 0 saturated carbocycles. The van der Waals surface area contributed by atoms with Gasteiger partial charge in [-0.3, -0.25) is 19.1 Å². The largest absolute Gasteiger partial charge is 0.383 e. The van der Waals surface area contributed by atoms with Crippen LogP contribution in [0.15, 0.2) is 27.8 Å². The highest BCUT2D eigenvalue weighted by atomic mass is 16.2. The third-order valence-electron chi connectivity index (χ3n) is 5.45. The molecule has 3 aromatic rings. The van der Waals surface area contributed by atoms with Gasteiger partial charge in [0.2, 0.25) is 0 Å². The Morgan fingerprint density at radius 2 is 2.00 bits per heavy atom. The number of anilines is 2. The normalized spacial score (nSPS) is 11.4. The second-order valence-corrected chi connectivity index (χ2v) is 8.25. The van der Waals surface area contributed by atoms with Gasteiger partial charge in [0, 0.05) is 25.2 Å². The van der Waals surface area contributed by atoms with Crippen molar-refractivity contribution in [2.75, 3.05) is 17.2 Å². The summed E-state index contributed by atoms with van der Waals surface area (Å²) in [5, 5.41) is 8.22. The number of nitrogens with zero attached hydrogens (tertiary/aromatic N) is 5. The van der Waals surface area contributed by atoms with E-state index in [9.17, 15) is 14.4 Å². The van der Waals surface area contributed by atoms with Gasteiger partial charge in [-0.05, 0) is 43.9 Å². The fraction of sp³-hybridized carbons (Fsp3) is 0.500. The van der Waals surface area contributed by atoms with E-state index in [1.807, 2.05) is 27.7 Å². The highest BCUT2D eigenvalue weighted by molar-refractivity contribution is 6.08. The van der Waals surface area contributed by atoms with E-state index < -0.39 is 11.2 Å². The Labute approximate surface area is 186 Å². The van der Waals surface area contributed by atoms with Gasteiger partial charge in [-0.25, -0.2) is 9.48 Å². The van der Waals surface area contributed by atoms with Crippen molar-refractivity contribution in [2.45, 2.75) is 60.0 Å². The SMILES string of the molecule is CCCCn1c(N)c(N(CCC(C)C)C(=O)c2ccc3c(c2)nnn3CC)c(=O)[nH]c1=O. The molecule has 32 heavy (non-hydrogen) atoms. The Hall–Kier alpha value is -3.43. The van der Waals surface area contributed by atoms with E-state index in [4.69, 9.17) is 5.73 Å². The number of carbonyl (C=O) groups is 1. The number of fused-ring (bicyclic) bond motifs is 1. The molecule has 0 atom stereocenters. The smallest absolute Gasteiger partial charge is 0.330 e. The van der Waals surface area contributed by atoms with Crippen molar-refractivity contribution in [2.24, 2.45) is 5.92 Å². The lowest BCUT2D eigenvalue weighted by Gasteiger charge is -2.25. The first-order valence-corrected chi connectivity index (χ1v) is 11.1. The number of carbonyl (C=O) groups excluding carboxylic acids is 1. The molecule has 0 bridgehead atoms. The number of H-pyrrole nitrogens is 1. The zero-order valence-corrected chi connectivity index (χ0v) is 19.1. The van der Waals surface area contributed by atoms with Gasteiger partial charge in [0.1, 0.15) is 11.3 Å². The highest BCUT2D eigenvalue weighted by Gasteiger charge is 2.26. The molecular weight excluding hydrogens is 410 g/mol. The highest BCUT2D eigenvalue weighted by Crippen LogP contribution is 2.23. The minimum Gasteiger partial charge on any atom is -0.383 e. The minimum atomic E-state index is -0.671. The van der Waals surface area contributed by atoms with Crippen LogP contribution in [0.4, 0.5) is 11.5 Å². The topological polar surface area (TPSA) is 132 Å². The molecule has 0 fully saturated rings. The first kappa shape index (κ1) is 23.2. The van der Waals surface area contributed by atoms with Crippen molar-refractivity contribution in [3.05, 3.63) is 44.6 Å². The summed E-state index contributed by atoms with van der Waals surface area (Å²) in [6.45, 7) is 9.34. The first-order valence-electron chi connectivity index (χ1n) is 11.1. The van der Waals surface area contributed by atoms with Crippen molar-refractivity contribution < 1.29 is 4.79 Å². The Bertz CT molecular complexity index is 1220. The number of rotatable bonds is 9. The molecule has 10 heteroatoms. The number of nitrogen functional groups attached to an aromatic ring is 1. The van der Waals surface area contributed by atoms with E-state index in [0.29, 0.717) is 36.5 Å². The van der Waals surface area contributed by atoms with Crippen LogP contribution in [0.5, 0.6) is 0 Å². The summed E-state index contributed by atoms with van der Waals surface area (Å²) in [6.07, 6.45) is 2.24. The number of aromatic amines is 1. The van der Waals surface area contributed by atoms with E-state index >= 15 is 0 Å². The zero-order chi connectivity index (χ0) is 23.4. The number of unbranched alkanes of at least 4 members (excludes halogenated alkanes) is 1. The molecule has 3 N–H and O–H groups in total. The quantitative estimate of drug-likeness (QED) is 0.524. The average molecular weight is 442 g/mol. The fourth-order valence-electron chi connectivity index (χ4n) is 3.57. The minimum absolute atomic E-state index is 0.00214. The van der Waals surface area contributed by atoms with Crippen molar-refractivity contribution in [1.82, 2.24) is 24.5 Å². The Morgan fingerprint density at radius 1 is 1.25 bits per heavy atom. The van der Waals surface area contributed by atoms with Crippen LogP contribution in [-0.4, -0.2) is 37.0 Å². The molecule has 1 amide bonds. The van der Waals surface area contributed by atoms with Crippen LogP contribution < -0.4 is 21.9 Å². The average Bonchev–Trinajstić information content (AvgIpc) is 3.17. The third kappa shape index (κ3) is 4.58. The fourth-order valence-corrected chi connectivity index (χ4v) is 3.57. The number of aromatic nitrogens is 5. The van der Waals surface area contributed by atoms with Gasteiger partial charge in [-0.1, -0.05) is 32.4 Å². The summed E-state index contributed by atoms with van der Waals surface area (Å²) >= 11 is 0. The second-order valence-electron chi connectivity index (χ2n) is 8.25. The molecule has 2 heterocycles. The Balaban J connectivity index is 2.10.